The first kappa shape index (κ1) is 25.3. The summed E-state index contributed by atoms with van der Waals surface area (Å²) in [6.45, 7) is 3.43. The van der Waals surface area contributed by atoms with Gasteiger partial charge in [-0.05, 0) is 61.2 Å². The van der Waals surface area contributed by atoms with E-state index >= 15 is 0 Å². The maximum atomic E-state index is 13.3. The fourth-order valence-corrected chi connectivity index (χ4v) is 3.87. The van der Waals surface area contributed by atoms with Crippen molar-refractivity contribution in [3.8, 4) is 5.75 Å². The van der Waals surface area contributed by atoms with E-state index in [9.17, 15) is 9.59 Å². The first-order chi connectivity index (χ1) is 16.4. The summed E-state index contributed by atoms with van der Waals surface area (Å²) in [7, 11) is 5.60. The molecule has 2 atom stereocenters. The van der Waals surface area contributed by atoms with E-state index in [0.717, 1.165) is 42.0 Å². The van der Waals surface area contributed by atoms with Crippen LogP contribution in [0, 0.1) is 0 Å². The minimum atomic E-state index is -0.657. The Balaban J connectivity index is 1.63. The number of carbonyl (C=O) groups is 2. The largest absolute Gasteiger partial charge is 0.497 e. The summed E-state index contributed by atoms with van der Waals surface area (Å²) in [5.74, 6) is 0.311. The lowest BCUT2D eigenvalue weighted by Crippen LogP contribution is -2.48. The van der Waals surface area contributed by atoms with Gasteiger partial charge in [-0.1, -0.05) is 24.3 Å². The lowest BCUT2D eigenvalue weighted by molar-refractivity contribution is -0.137. The Kier molecular flexibility index (Phi) is 9.10. The maximum absolute atomic E-state index is 13.3. The number of methoxy groups -OCH3 is 1. The van der Waals surface area contributed by atoms with Crippen LogP contribution in [0.2, 0.25) is 0 Å². The second kappa shape index (κ2) is 12.2. The standard InChI is InChI=1S/C27H35N3O4/c1-20(28-26(31)16-11-21-9-14-24(33-4)15-10-21)27(32)30(19-25-6-5-17-34-25)18-22-7-12-23(13-8-22)29(2)3/h7-16,20,25H,5-6,17-19H2,1-4H3,(H,28,31)/b16-11+. The van der Waals surface area contributed by atoms with Crippen LogP contribution in [-0.4, -0.2) is 63.2 Å². The van der Waals surface area contributed by atoms with E-state index in [2.05, 4.69) is 5.32 Å². The van der Waals surface area contributed by atoms with Crippen LogP contribution in [0.3, 0.4) is 0 Å². The van der Waals surface area contributed by atoms with Gasteiger partial charge in [0.05, 0.1) is 13.2 Å². The van der Waals surface area contributed by atoms with E-state index in [0.29, 0.717) is 13.1 Å². The zero-order chi connectivity index (χ0) is 24.5. The molecule has 1 aliphatic heterocycles. The van der Waals surface area contributed by atoms with E-state index in [4.69, 9.17) is 9.47 Å². The average molecular weight is 466 g/mol. The summed E-state index contributed by atoms with van der Waals surface area (Å²) >= 11 is 0. The highest BCUT2D eigenvalue weighted by atomic mass is 16.5. The molecule has 182 valence electrons. The van der Waals surface area contributed by atoms with Crippen LogP contribution < -0.4 is 15.0 Å². The van der Waals surface area contributed by atoms with Crippen molar-refractivity contribution in [2.45, 2.75) is 38.5 Å². The van der Waals surface area contributed by atoms with Gasteiger partial charge in [0.15, 0.2) is 0 Å². The number of nitrogens with one attached hydrogen (secondary N) is 1. The molecule has 2 aromatic carbocycles. The highest BCUT2D eigenvalue weighted by Gasteiger charge is 2.26. The van der Waals surface area contributed by atoms with Crippen LogP contribution in [0.15, 0.2) is 54.6 Å². The van der Waals surface area contributed by atoms with Gasteiger partial charge in [0, 0.05) is 45.6 Å². The minimum Gasteiger partial charge on any atom is -0.497 e. The summed E-state index contributed by atoms with van der Waals surface area (Å²) < 4.78 is 10.9. The van der Waals surface area contributed by atoms with Gasteiger partial charge < -0.3 is 24.6 Å². The molecule has 0 bridgehead atoms. The summed E-state index contributed by atoms with van der Waals surface area (Å²) in [4.78, 5) is 29.6. The van der Waals surface area contributed by atoms with Crippen molar-refractivity contribution in [1.29, 1.82) is 0 Å². The van der Waals surface area contributed by atoms with Crippen LogP contribution >= 0.6 is 0 Å². The van der Waals surface area contributed by atoms with Gasteiger partial charge in [0.25, 0.3) is 0 Å². The first-order valence-electron chi connectivity index (χ1n) is 11.6. The van der Waals surface area contributed by atoms with Crippen LogP contribution in [0.5, 0.6) is 5.75 Å². The van der Waals surface area contributed by atoms with E-state index in [1.165, 1.54) is 6.08 Å². The van der Waals surface area contributed by atoms with E-state index in [1.807, 2.05) is 67.5 Å². The number of carbonyl (C=O) groups excluding carboxylic acids is 2. The number of rotatable bonds is 10. The lowest BCUT2D eigenvalue weighted by Gasteiger charge is -2.28. The zero-order valence-corrected chi connectivity index (χ0v) is 20.5. The van der Waals surface area contributed by atoms with Crippen molar-refractivity contribution in [1.82, 2.24) is 10.2 Å². The van der Waals surface area contributed by atoms with Gasteiger partial charge in [0.1, 0.15) is 11.8 Å². The molecule has 2 amide bonds. The average Bonchev–Trinajstić information content (AvgIpc) is 3.35. The topological polar surface area (TPSA) is 71.1 Å². The van der Waals surface area contributed by atoms with Crippen LogP contribution in [-0.2, 0) is 20.9 Å². The molecule has 1 N–H and O–H groups in total. The molecule has 1 aliphatic rings. The van der Waals surface area contributed by atoms with Crippen molar-refractivity contribution in [3.63, 3.8) is 0 Å². The van der Waals surface area contributed by atoms with Crippen LogP contribution in [0.4, 0.5) is 5.69 Å². The Hall–Kier alpha value is -3.32. The first-order valence-corrected chi connectivity index (χ1v) is 11.6. The van der Waals surface area contributed by atoms with E-state index in [1.54, 1.807) is 25.0 Å². The van der Waals surface area contributed by atoms with Gasteiger partial charge in [-0.2, -0.15) is 0 Å². The molecule has 1 fully saturated rings. The molecule has 0 saturated carbocycles. The molecule has 0 aliphatic carbocycles. The predicted molar refractivity (Wildman–Crippen MR) is 135 cm³/mol. The molecular weight excluding hydrogens is 430 g/mol. The molecule has 34 heavy (non-hydrogen) atoms. The van der Waals surface area contributed by atoms with Crippen LogP contribution in [0.25, 0.3) is 6.08 Å². The zero-order valence-electron chi connectivity index (χ0n) is 20.5. The molecule has 0 radical (unpaired) electrons. The summed E-state index contributed by atoms with van der Waals surface area (Å²) in [5, 5.41) is 2.80. The molecule has 7 nitrogen and oxygen atoms in total. The molecule has 1 saturated heterocycles. The van der Waals surface area contributed by atoms with Crippen LogP contribution in [0.1, 0.15) is 30.9 Å². The SMILES string of the molecule is COc1ccc(/C=C/C(=O)NC(C)C(=O)N(Cc2ccc(N(C)C)cc2)CC2CCCO2)cc1. The van der Waals surface area contributed by atoms with Gasteiger partial charge in [-0.3, -0.25) is 9.59 Å². The predicted octanol–water partition coefficient (Wildman–Crippen LogP) is 3.49. The molecular formula is C27H35N3O4. The monoisotopic (exact) mass is 465 g/mol. The van der Waals surface area contributed by atoms with Gasteiger partial charge in [-0.15, -0.1) is 0 Å². The number of benzene rings is 2. The number of hydrogen-bond donors (Lipinski definition) is 1. The van der Waals surface area contributed by atoms with Gasteiger partial charge in [0.2, 0.25) is 11.8 Å². The maximum Gasteiger partial charge on any atom is 0.245 e. The second-order valence-electron chi connectivity index (χ2n) is 8.75. The number of amides is 2. The highest BCUT2D eigenvalue weighted by molar-refractivity contribution is 5.95. The third-order valence-corrected chi connectivity index (χ3v) is 5.86. The normalized spacial score (nSPS) is 16.3. The van der Waals surface area contributed by atoms with Crippen molar-refractivity contribution >= 4 is 23.6 Å². The fraction of sp³-hybridized carbons (Fsp3) is 0.407. The number of hydrogen-bond acceptors (Lipinski definition) is 5. The number of nitrogens with zero attached hydrogens (tertiary/aromatic N) is 2. The third kappa shape index (κ3) is 7.35. The molecule has 3 rings (SSSR count). The molecule has 0 aromatic heterocycles. The smallest absolute Gasteiger partial charge is 0.245 e. The van der Waals surface area contributed by atoms with Crippen molar-refractivity contribution in [3.05, 3.63) is 65.7 Å². The Morgan fingerprint density at radius 1 is 1.15 bits per heavy atom. The Morgan fingerprint density at radius 2 is 1.85 bits per heavy atom. The molecule has 0 spiro atoms. The quantitative estimate of drug-likeness (QED) is 0.544. The van der Waals surface area contributed by atoms with Crippen molar-refractivity contribution < 1.29 is 19.1 Å². The number of ether oxygens (including phenoxy) is 2. The molecule has 2 unspecified atom stereocenters. The van der Waals surface area contributed by atoms with Gasteiger partial charge in [-0.25, -0.2) is 0 Å². The summed E-state index contributed by atoms with van der Waals surface area (Å²) in [6, 6.07) is 14.9. The van der Waals surface area contributed by atoms with Crippen molar-refractivity contribution in [2.24, 2.45) is 0 Å². The second-order valence-corrected chi connectivity index (χ2v) is 8.75. The van der Waals surface area contributed by atoms with E-state index < -0.39 is 6.04 Å². The van der Waals surface area contributed by atoms with E-state index in [-0.39, 0.29) is 17.9 Å². The number of anilines is 1. The molecule has 7 heteroatoms. The Labute approximate surface area is 202 Å². The van der Waals surface area contributed by atoms with Crippen molar-refractivity contribution in [2.75, 3.05) is 39.3 Å². The summed E-state index contributed by atoms with van der Waals surface area (Å²) in [6.07, 6.45) is 5.13. The fourth-order valence-electron chi connectivity index (χ4n) is 3.87. The third-order valence-electron chi connectivity index (χ3n) is 5.86. The highest BCUT2D eigenvalue weighted by Crippen LogP contribution is 2.18. The molecule has 1 heterocycles. The Bertz CT molecular complexity index is 964. The lowest BCUT2D eigenvalue weighted by atomic mass is 10.1. The Morgan fingerprint density at radius 3 is 2.44 bits per heavy atom. The van der Waals surface area contributed by atoms with Gasteiger partial charge >= 0.3 is 0 Å². The molecule has 2 aromatic rings. The minimum absolute atomic E-state index is 0.0304. The summed E-state index contributed by atoms with van der Waals surface area (Å²) in [5.41, 5.74) is 3.01.